The first-order valence-electron chi connectivity index (χ1n) is 7.53. The highest BCUT2D eigenvalue weighted by molar-refractivity contribution is 5.84. The second-order valence-electron chi connectivity index (χ2n) is 6.52. The predicted molar refractivity (Wildman–Crippen MR) is 86.7 cm³/mol. The summed E-state index contributed by atoms with van der Waals surface area (Å²) in [5.41, 5.74) is 2.31. The molecule has 0 aliphatic rings. The Hall–Kier alpha value is -2.01. The van der Waals surface area contributed by atoms with Gasteiger partial charge < -0.3 is 9.47 Å². The van der Waals surface area contributed by atoms with Gasteiger partial charge in [0.2, 0.25) is 0 Å². The quantitative estimate of drug-likeness (QED) is 0.803. The molecule has 0 aliphatic heterocycles. The number of hydrogen-bond donors (Lipinski definition) is 0. The number of fused-ring (bicyclic) bond motifs is 1. The van der Waals surface area contributed by atoms with Crippen molar-refractivity contribution >= 4 is 16.9 Å². The fourth-order valence-electron chi connectivity index (χ4n) is 2.34. The summed E-state index contributed by atoms with van der Waals surface area (Å²) in [6.07, 6.45) is 0. The van der Waals surface area contributed by atoms with Gasteiger partial charge in [0.1, 0.15) is 23.5 Å². The Morgan fingerprint density at radius 3 is 2.61 bits per heavy atom. The molecular formula is C18H22FNO3. The summed E-state index contributed by atoms with van der Waals surface area (Å²) in [5.74, 6) is -0.782. The molecule has 0 saturated carbocycles. The van der Waals surface area contributed by atoms with Gasteiger partial charge in [-0.2, -0.15) is 0 Å². The van der Waals surface area contributed by atoms with Crippen molar-refractivity contribution in [3.8, 4) is 0 Å². The first-order chi connectivity index (χ1) is 10.7. The van der Waals surface area contributed by atoms with Crippen LogP contribution in [0.3, 0.4) is 0 Å². The number of aromatic nitrogens is 1. The Balaban J connectivity index is 2.19. The third-order valence-electron chi connectivity index (χ3n) is 3.47. The predicted octanol–water partition coefficient (Wildman–Crippen LogP) is 3.85. The summed E-state index contributed by atoms with van der Waals surface area (Å²) in [6, 6.07) is 4.84. The molecule has 5 heteroatoms. The maximum absolute atomic E-state index is 13.9. The van der Waals surface area contributed by atoms with Gasteiger partial charge in [0.15, 0.2) is 0 Å². The van der Waals surface area contributed by atoms with Crippen molar-refractivity contribution in [2.24, 2.45) is 0 Å². The zero-order valence-electron chi connectivity index (χ0n) is 14.2. The molecule has 0 atom stereocenters. The third kappa shape index (κ3) is 4.26. The fourth-order valence-corrected chi connectivity index (χ4v) is 2.34. The first kappa shape index (κ1) is 17.3. The van der Waals surface area contributed by atoms with E-state index in [-0.39, 0.29) is 19.0 Å². The standard InChI is InChI=1S/C18H22FNO3/c1-11-12(2)20-17-13(7-6-8-15(17)19)14(11)9-22-10-16(21)23-18(3,4)5/h6-8H,9-10H2,1-5H3. The SMILES string of the molecule is Cc1nc2c(F)cccc2c(COCC(=O)OC(C)(C)C)c1C. The first-order valence-corrected chi connectivity index (χ1v) is 7.53. The topological polar surface area (TPSA) is 48.4 Å². The van der Waals surface area contributed by atoms with Crippen LogP contribution in [0, 0.1) is 19.7 Å². The molecule has 1 heterocycles. The summed E-state index contributed by atoms with van der Waals surface area (Å²) >= 11 is 0. The van der Waals surface area contributed by atoms with E-state index in [0.717, 1.165) is 16.8 Å². The lowest BCUT2D eigenvalue weighted by Crippen LogP contribution is -2.26. The lowest BCUT2D eigenvalue weighted by atomic mass is 10.0. The van der Waals surface area contributed by atoms with Crippen LogP contribution in [0.2, 0.25) is 0 Å². The summed E-state index contributed by atoms with van der Waals surface area (Å²) in [4.78, 5) is 16.0. The smallest absolute Gasteiger partial charge is 0.332 e. The van der Waals surface area contributed by atoms with Crippen molar-refractivity contribution in [2.75, 3.05) is 6.61 Å². The van der Waals surface area contributed by atoms with Crippen LogP contribution in [0.25, 0.3) is 10.9 Å². The van der Waals surface area contributed by atoms with Gasteiger partial charge in [-0.05, 0) is 51.8 Å². The van der Waals surface area contributed by atoms with Gasteiger partial charge in [-0.25, -0.2) is 14.2 Å². The number of carbonyl (C=O) groups excluding carboxylic acids is 1. The van der Waals surface area contributed by atoms with Gasteiger partial charge in [0.05, 0.1) is 6.61 Å². The van der Waals surface area contributed by atoms with Crippen LogP contribution < -0.4 is 0 Å². The number of para-hydroxylation sites is 1. The maximum Gasteiger partial charge on any atom is 0.332 e. The zero-order valence-corrected chi connectivity index (χ0v) is 14.2. The Labute approximate surface area is 135 Å². The number of pyridine rings is 1. The molecule has 23 heavy (non-hydrogen) atoms. The Bertz CT molecular complexity index is 735. The number of ether oxygens (including phenoxy) is 2. The average Bonchev–Trinajstić information content (AvgIpc) is 2.42. The lowest BCUT2D eigenvalue weighted by molar-refractivity contribution is -0.160. The van der Waals surface area contributed by atoms with Crippen LogP contribution in [0.1, 0.15) is 37.6 Å². The summed E-state index contributed by atoms with van der Waals surface area (Å²) in [6.45, 7) is 9.22. The van der Waals surface area contributed by atoms with E-state index in [2.05, 4.69) is 4.98 Å². The molecule has 0 radical (unpaired) electrons. The number of nitrogens with zero attached hydrogens (tertiary/aromatic N) is 1. The summed E-state index contributed by atoms with van der Waals surface area (Å²) in [7, 11) is 0. The van der Waals surface area contributed by atoms with Crippen LogP contribution in [0.4, 0.5) is 4.39 Å². The van der Waals surface area contributed by atoms with E-state index in [1.54, 1.807) is 26.8 Å². The molecule has 2 rings (SSSR count). The molecule has 1 aromatic heterocycles. The van der Waals surface area contributed by atoms with Crippen LogP contribution >= 0.6 is 0 Å². The van der Waals surface area contributed by atoms with E-state index in [4.69, 9.17) is 9.47 Å². The van der Waals surface area contributed by atoms with Gasteiger partial charge >= 0.3 is 5.97 Å². The maximum atomic E-state index is 13.9. The van der Waals surface area contributed by atoms with Crippen molar-refractivity contribution < 1.29 is 18.7 Å². The monoisotopic (exact) mass is 319 g/mol. The Morgan fingerprint density at radius 2 is 1.96 bits per heavy atom. The van der Waals surface area contributed by atoms with E-state index < -0.39 is 11.6 Å². The van der Waals surface area contributed by atoms with Crippen LogP contribution in [-0.4, -0.2) is 23.2 Å². The minimum atomic E-state index is -0.542. The van der Waals surface area contributed by atoms with Gasteiger partial charge in [-0.1, -0.05) is 12.1 Å². The molecule has 0 fully saturated rings. The van der Waals surface area contributed by atoms with Crippen molar-refractivity contribution in [3.63, 3.8) is 0 Å². The molecule has 0 saturated heterocycles. The second-order valence-corrected chi connectivity index (χ2v) is 6.52. The van der Waals surface area contributed by atoms with Crippen molar-refractivity contribution in [1.29, 1.82) is 0 Å². The second kappa shape index (κ2) is 6.62. The highest BCUT2D eigenvalue weighted by Gasteiger charge is 2.17. The number of aryl methyl sites for hydroxylation is 1. The van der Waals surface area contributed by atoms with E-state index >= 15 is 0 Å². The molecule has 1 aromatic carbocycles. The molecule has 0 N–H and O–H groups in total. The lowest BCUT2D eigenvalue weighted by Gasteiger charge is -2.19. The molecular weight excluding hydrogens is 297 g/mol. The number of esters is 1. The van der Waals surface area contributed by atoms with E-state index in [1.165, 1.54) is 6.07 Å². The van der Waals surface area contributed by atoms with Crippen molar-refractivity contribution in [2.45, 2.75) is 46.8 Å². The molecule has 0 aliphatic carbocycles. The van der Waals surface area contributed by atoms with E-state index in [1.807, 2.05) is 19.9 Å². The highest BCUT2D eigenvalue weighted by Crippen LogP contribution is 2.25. The molecule has 124 valence electrons. The Kier molecular flexibility index (Phi) is 5.00. The Morgan fingerprint density at radius 1 is 1.26 bits per heavy atom. The molecule has 2 aromatic rings. The van der Waals surface area contributed by atoms with Crippen LogP contribution in [0.5, 0.6) is 0 Å². The fraction of sp³-hybridized carbons (Fsp3) is 0.444. The summed E-state index contributed by atoms with van der Waals surface area (Å²) < 4.78 is 24.6. The third-order valence-corrected chi connectivity index (χ3v) is 3.47. The normalized spacial score (nSPS) is 11.7. The van der Waals surface area contributed by atoms with Crippen molar-refractivity contribution in [1.82, 2.24) is 4.98 Å². The molecule has 0 bridgehead atoms. The van der Waals surface area contributed by atoms with Crippen LogP contribution in [-0.2, 0) is 20.9 Å². The van der Waals surface area contributed by atoms with E-state index in [0.29, 0.717) is 10.9 Å². The number of benzene rings is 1. The highest BCUT2D eigenvalue weighted by atomic mass is 19.1. The molecule has 0 amide bonds. The average molecular weight is 319 g/mol. The van der Waals surface area contributed by atoms with Gasteiger partial charge in [-0.15, -0.1) is 0 Å². The van der Waals surface area contributed by atoms with E-state index in [9.17, 15) is 9.18 Å². The zero-order chi connectivity index (χ0) is 17.2. The van der Waals surface area contributed by atoms with Gasteiger partial charge in [-0.3, -0.25) is 0 Å². The van der Waals surface area contributed by atoms with Gasteiger partial charge in [0, 0.05) is 11.1 Å². The number of hydrogen-bond acceptors (Lipinski definition) is 4. The van der Waals surface area contributed by atoms with Gasteiger partial charge in [0.25, 0.3) is 0 Å². The minimum absolute atomic E-state index is 0.144. The molecule has 4 nitrogen and oxygen atoms in total. The van der Waals surface area contributed by atoms with Crippen LogP contribution in [0.15, 0.2) is 18.2 Å². The largest absolute Gasteiger partial charge is 0.458 e. The van der Waals surface area contributed by atoms with Crippen molar-refractivity contribution in [3.05, 3.63) is 40.8 Å². The number of rotatable bonds is 4. The number of halogens is 1. The summed E-state index contributed by atoms with van der Waals surface area (Å²) in [5, 5.41) is 0.706. The molecule has 0 spiro atoms. The minimum Gasteiger partial charge on any atom is -0.458 e. The molecule has 0 unspecified atom stereocenters. The number of carbonyl (C=O) groups is 1.